The minimum Gasteiger partial charge on any atom is -0.0653 e. The van der Waals surface area contributed by atoms with Crippen LogP contribution in [0.3, 0.4) is 0 Å². The van der Waals surface area contributed by atoms with E-state index in [-0.39, 0.29) is 16.2 Å². The summed E-state index contributed by atoms with van der Waals surface area (Å²) in [4.78, 5) is 0. The minimum atomic E-state index is -0.0743. The lowest BCUT2D eigenvalue weighted by Crippen LogP contribution is -2.21. The first kappa shape index (κ1) is 37.1. The van der Waals surface area contributed by atoms with Crippen molar-refractivity contribution in [1.82, 2.24) is 0 Å². The molecule has 8 aromatic carbocycles. The summed E-state index contributed by atoms with van der Waals surface area (Å²) in [6, 6.07) is 48.4. The van der Waals surface area contributed by atoms with Crippen molar-refractivity contribution in [2.45, 2.75) is 111 Å². The Morgan fingerprint density at radius 3 is 1.45 bits per heavy atom. The SMILES string of the molecule is CCCC1(C)c2cc(-c3ccc4c(c3)C(C)(CCC)c3cc(C(C)(C)C)ccc3-4)ccc2-c2ccc(-c3ccc4ccc5cc(CC(C)C)cc6ccc3c4c56)cc21. The van der Waals surface area contributed by atoms with Gasteiger partial charge in [0.2, 0.25) is 0 Å². The molecular weight excluding hydrogens is 697 g/mol. The standard InChI is InChI=1S/C58H58/c1-10-26-57(8)50-31-38(39-16-22-46-48-25-19-43(56(5,6)7)34-53(48)58(9,27-11-2)51(46)32-39)15-21-45(50)47-23-17-40(33-52(47)57)44-20-14-37-12-13-41-29-36(28-35(3)4)30-42-18-24-49(44)55(37)54(41)42/h12-25,29-35H,10-11,26-28H2,1-9H3. The molecule has 2 unspecified atom stereocenters. The molecule has 0 fully saturated rings. The largest absolute Gasteiger partial charge is 0.0653 e. The first-order valence-electron chi connectivity index (χ1n) is 22.1. The Morgan fingerprint density at radius 1 is 0.466 bits per heavy atom. The molecule has 0 amide bonds. The Bertz CT molecular complexity index is 2910. The summed E-state index contributed by atoms with van der Waals surface area (Å²) in [5.41, 5.74) is 19.8. The lowest BCUT2D eigenvalue weighted by atomic mass is 9.74. The first-order valence-corrected chi connectivity index (χ1v) is 22.1. The van der Waals surface area contributed by atoms with Crippen LogP contribution in [0.25, 0.3) is 76.8 Å². The number of benzene rings is 8. The maximum absolute atomic E-state index is 2.55. The fourth-order valence-corrected chi connectivity index (χ4v) is 11.5. The number of hydrogen-bond acceptors (Lipinski definition) is 0. The van der Waals surface area contributed by atoms with Gasteiger partial charge in [0.25, 0.3) is 0 Å². The number of fused-ring (bicyclic) bond motifs is 6. The predicted molar refractivity (Wildman–Crippen MR) is 252 cm³/mol. The molecule has 10 rings (SSSR count). The molecule has 0 aromatic heterocycles. The van der Waals surface area contributed by atoms with E-state index in [0.29, 0.717) is 5.92 Å². The molecule has 0 saturated heterocycles. The van der Waals surface area contributed by atoms with Crippen molar-refractivity contribution in [3.8, 4) is 44.5 Å². The van der Waals surface area contributed by atoms with E-state index in [1.54, 1.807) is 0 Å². The van der Waals surface area contributed by atoms with Crippen molar-refractivity contribution in [1.29, 1.82) is 0 Å². The van der Waals surface area contributed by atoms with Crippen LogP contribution < -0.4 is 0 Å². The third kappa shape index (κ3) is 5.47. The molecule has 0 bridgehead atoms. The second-order valence-electron chi connectivity index (χ2n) is 19.9. The van der Waals surface area contributed by atoms with Crippen molar-refractivity contribution >= 4 is 32.3 Å². The lowest BCUT2D eigenvalue weighted by Gasteiger charge is -2.29. The Balaban J connectivity index is 1.06. The second kappa shape index (κ2) is 13.2. The third-order valence-electron chi connectivity index (χ3n) is 14.3. The summed E-state index contributed by atoms with van der Waals surface area (Å²) in [6.07, 6.45) is 5.65. The highest BCUT2D eigenvalue weighted by Crippen LogP contribution is 2.55. The monoisotopic (exact) mass is 754 g/mol. The van der Waals surface area contributed by atoms with Crippen LogP contribution in [0.1, 0.15) is 121 Å². The van der Waals surface area contributed by atoms with E-state index in [1.807, 2.05) is 0 Å². The highest BCUT2D eigenvalue weighted by atomic mass is 14.4. The smallest absolute Gasteiger partial charge is 0.0187 e. The van der Waals surface area contributed by atoms with Gasteiger partial charge in [-0.3, -0.25) is 0 Å². The first-order chi connectivity index (χ1) is 27.8. The maximum Gasteiger partial charge on any atom is 0.0187 e. The van der Waals surface area contributed by atoms with Gasteiger partial charge in [0.15, 0.2) is 0 Å². The van der Waals surface area contributed by atoms with Gasteiger partial charge in [-0.1, -0.05) is 178 Å². The second-order valence-corrected chi connectivity index (χ2v) is 19.9. The molecule has 58 heavy (non-hydrogen) atoms. The predicted octanol–water partition coefficient (Wildman–Crippen LogP) is 16.6. The summed E-state index contributed by atoms with van der Waals surface area (Å²) in [5, 5.41) is 8.20. The molecule has 0 heteroatoms. The number of rotatable bonds is 8. The third-order valence-corrected chi connectivity index (χ3v) is 14.3. The minimum absolute atomic E-state index is 0.00138. The zero-order valence-corrected chi connectivity index (χ0v) is 36.2. The van der Waals surface area contributed by atoms with Gasteiger partial charge in [-0.2, -0.15) is 0 Å². The van der Waals surface area contributed by atoms with Crippen LogP contribution in [-0.2, 0) is 22.7 Å². The fourth-order valence-electron chi connectivity index (χ4n) is 11.5. The molecular formula is C58H58. The summed E-state index contributed by atoms with van der Waals surface area (Å²) >= 11 is 0. The van der Waals surface area contributed by atoms with Crippen LogP contribution in [0.15, 0.2) is 121 Å². The Labute approximate surface area is 346 Å². The van der Waals surface area contributed by atoms with Crippen molar-refractivity contribution in [3.05, 3.63) is 155 Å². The summed E-state index contributed by atoms with van der Waals surface area (Å²) in [6.45, 7) is 21.3. The van der Waals surface area contributed by atoms with Crippen molar-refractivity contribution in [2.24, 2.45) is 5.92 Å². The average molecular weight is 755 g/mol. The molecule has 2 atom stereocenters. The Morgan fingerprint density at radius 2 is 0.914 bits per heavy atom. The quantitative estimate of drug-likeness (QED) is 0.136. The van der Waals surface area contributed by atoms with Crippen LogP contribution in [0.4, 0.5) is 0 Å². The number of hydrogen-bond donors (Lipinski definition) is 0. The van der Waals surface area contributed by atoms with Gasteiger partial charge in [-0.25, -0.2) is 0 Å². The molecule has 0 saturated carbocycles. The topological polar surface area (TPSA) is 0 Å². The van der Waals surface area contributed by atoms with E-state index in [2.05, 4.69) is 184 Å². The van der Waals surface area contributed by atoms with Crippen LogP contribution in [0.2, 0.25) is 0 Å². The molecule has 0 nitrogen and oxygen atoms in total. The van der Waals surface area contributed by atoms with E-state index in [1.165, 1.54) is 110 Å². The lowest BCUT2D eigenvalue weighted by molar-refractivity contribution is 0.520. The van der Waals surface area contributed by atoms with Gasteiger partial charge in [-0.15, -0.1) is 0 Å². The summed E-state index contributed by atoms with van der Waals surface area (Å²) in [7, 11) is 0. The summed E-state index contributed by atoms with van der Waals surface area (Å²) < 4.78 is 0. The molecule has 8 aromatic rings. The molecule has 0 aliphatic heterocycles. The van der Waals surface area contributed by atoms with E-state index >= 15 is 0 Å². The average Bonchev–Trinajstić information content (AvgIpc) is 3.59. The van der Waals surface area contributed by atoms with Crippen LogP contribution in [0.5, 0.6) is 0 Å². The van der Waals surface area contributed by atoms with Crippen molar-refractivity contribution in [2.75, 3.05) is 0 Å². The van der Waals surface area contributed by atoms with E-state index in [4.69, 9.17) is 0 Å². The fraction of sp³-hybridized carbons (Fsp3) is 0.310. The van der Waals surface area contributed by atoms with Crippen molar-refractivity contribution < 1.29 is 0 Å². The summed E-state index contributed by atoms with van der Waals surface area (Å²) in [5.74, 6) is 0.637. The van der Waals surface area contributed by atoms with Crippen molar-refractivity contribution in [3.63, 3.8) is 0 Å². The van der Waals surface area contributed by atoms with Gasteiger partial charge in [0, 0.05) is 10.8 Å². The molecule has 2 aliphatic carbocycles. The van der Waals surface area contributed by atoms with Gasteiger partial charge in [0.1, 0.15) is 0 Å². The normalized spacial score (nSPS) is 18.4. The van der Waals surface area contributed by atoms with Gasteiger partial charge >= 0.3 is 0 Å². The molecule has 0 heterocycles. The molecule has 2 aliphatic rings. The maximum atomic E-state index is 2.55. The highest BCUT2D eigenvalue weighted by Gasteiger charge is 2.41. The van der Waals surface area contributed by atoms with Gasteiger partial charge < -0.3 is 0 Å². The molecule has 0 N–H and O–H groups in total. The van der Waals surface area contributed by atoms with E-state index in [0.717, 1.165) is 32.1 Å². The zero-order chi connectivity index (χ0) is 40.3. The zero-order valence-electron chi connectivity index (χ0n) is 36.2. The molecule has 0 radical (unpaired) electrons. The van der Waals surface area contributed by atoms with Gasteiger partial charge in [-0.05, 0) is 159 Å². The van der Waals surface area contributed by atoms with Crippen LogP contribution >= 0.6 is 0 Å². The Hall–Kier alpha value is -5.20. The van der Waals surface area contributed by atoms with Crippen LogP contribution in [0, 0.1) is 5.92 Å². The van der Waals surface area contributed by atoms with Gasteiger partial charge in [0.05, 0.1) is 0 Å². The Kier molecular flexibility index (Phi) is 8.41. The highest BCUT2D eigenvalue weighted by molar-refractivity contribution is 6.25. The molecule has 0 spiro atoms. The molecule has 290 valence electrons. The van der Waals surface area contributed by atoms with E-state index < -0.39 is 0 Å². The van der Waals surface area contributed by atoms with Crippen LogP contribution in [-0.4, -0.2) is 0 Å². The van der Waals surface area contributed by atoms with E-state index in [9.17, 15) is 0 Å².